The summed E-state index contributed by atoms with van der Waals surface area (Å²) in [5.41, 5.74) is -0.830. The molecule has 1 aliphatic rings. The molecule has 1 aromatic heterocycles. The number of nitrogens with zero attached hydrogens (tertiary/aromatic N) is 1. The van der Waals surface area contributed by atoms with Crippen LogP contribution in [0.1, 0.15) is 18.4 Å². The fraction of sp³-hybridized carbons (Fsp3) is 0.500. The van der Waals surface area contributed by atoms with Gasteiger partial charge in [0.25, 0.3) is 5.88 Å². The lowest BCUT2D eigenvalue weighted by Crippen LogP contribution is -2.08. The zero-order chi connectivity index (χ0) is 11.8. The van der Waals surface area contributed by atoms with Gasteiger partial charge in [-0.2, -0.15) is 13.2 Å². The average molecular weight is 233 g/mol. The molecule has 0 unspecified atom stereocenters. The Balaban J connectivity index is 2.29. The lowest BCUT2D eigenvalue weighted by Gasteiger charge is -2.12. The predicted octanol–water partition coefficient (Wildman–Crippen LogP) is 2.65. The minimum Gasteiger partial charge on any atom is -0.485 e. The number of methoxy groups -OCH3 is 1. The molecule has 0 aromatic carbocycles. The first-order chi connectivity index (χ1) is 7.50. The minimum atomic E-state index is -4.42. The van der Waals surface area contributed by atoms with Crippen molar-refractivity contribution in [2.45, 2.75) is 25.1 Å². The summed E-state index contributed by atoms with van der Waals surface area (Å²) in [6.45, 7) is 0. The molecule has 0 atom stereocenters. The van der Waals surface area contributed by atoms with E-state index < -0.39 is 11.7 Å². The summed E-state index contributed by atoms with van der Waals surface area (Å²) in [6.07, 6.45) is -1.96. The normalized spacial score (nSPS) is 16.0. The average Bonchev–Trinajstić information content (AvgIpc) is 3.00. The van der Waals surface area contributed by atoms with Crippen molar-refractivity contribution in [2.75, 3.05) is 7.11 Å². The Hall–Kier alpha value is -1.46. The molecular weight excluding hydrogens is 223 g/mol. The van der Waals surface area contributed by atoms with E-state index in [0.717, 1.165) is 25.1 Å². The summed E-state index contributed by atoms with van der Waals surface area (Å²) in [5, 5.41) is 0. The van der Waals surface area contributed by atoms with Gasteiger partial charge in [0.1, 0.15) is 0 Å². The van der Waals surface area contributed by atoms with Gasteiger partial charge >= 0.3 is 6.18 Å². The van der Waals surface area contributed by atoms with Crippen LogP contribution in [0.4, 0.5) is 13.2 Å². The molecule has 0 N–H and O–H groups in total. The SMILES string of the molecule is COc1ncc(C(F)(F)F)cc1OC1CC1. The van der Waals surface area contributed by atoms with Crippen LogP contribution in [-0.4, -0.2) is 18.2 Å². The summed E-state index contributed by atoms with van der Waals surface area (Å²) < 4.78 is 47.4. The van der Waals surface area contributed by atoms with E-state index in [0.29, 0.717) is 0 Å². The fourth-order valence-corrected chi connectivity index (χ4v) is 1.19. The molecule has 3 nitrogen and oxygen atoms in total. The summed E-state index contributed by atoms with van der Waals surface area (Å²) in [5.74, 6) is 0.139. The molecule has 1 aliphatic carbocycles. The first-order valence-corrected chi connectivity index (χ1v) is 4.78. The van der Waals surface area contributed by atoms with E-state index in [4.69, 9.17) is 9.47 Å². The molecule has 1 saturated carbocycles. The Bertz CT molecular complexity index is 388. The second-order valence-corrected chi connectivity index (χ2v) is 3.55. The van der Waals surface area contributed by atoms with E-state index in [1.165, 1.54) is 7.11 Å². The standard InChI is InChI=1S/C10H10F3NO2/c1-15-9-8(16-7-2-3-7)4-6(5-14-9)10(11,12)13/h4-5,7H,2-3H2,1H3. The van der Waals surface area contributed by atoms with Crippen molar-refractivity contribution < 1.29 is 22.6 Å². The van der Waals surface area contributed by atoms with E-state index in [1.54, 1.807) is 0 Å². The monoisotopic (exact) mass is 233 g/mol. The first-order valence-electron chi connectivity index (χ1n) is 4.78. The van der Waals surface area contributed by atoms with Crippen LogP contribution in [0.3, 0.4) is 0 Å². The summed E-state index contributed by atoms with van der Waals surface area (Å²) >= 11 is 0. The molecule has 88 valence electrons. The van der Waals surface area contributed by atoms with Gasteiger partial charge in [-0.05, 0) is 18.9 Å². The van der Waals surface area contributed by atoms with Crippen LogP contribution in [0.25, 0.3) is 0 Å². The third-order valence-corrected chi connectivity index (χ3v) is 2.16. The molecule has 0 amide bonds. The van der Waals surface area contributed by atoms with Gasteiger partial charge in [0, 0.05) is 6.20 Å². The Morgan fingerprint density at radius 1 is 1.38 bits per heavy atom. The number of halogens is 3. The second kappa shape index (κ2) is 3.84. The zero-order valence-electron chi connectivity index (χ0n) is 8.54. The van der Waals surface area contributed by atoms with Crippen molar-refractivity contribution in [1.29, 1.82) is 0 Å². The van der Waals surface area contributed by atoms with E-state index in [9.17, 15) is 13.2 Å². The number of ether oxygens (including phenoxy) is 2. The maximum Gasteiger partial charge on any atom is 0.418 e. The van der Waals surface area contributed by atoms with E-state index in [2.05, 4.69) is 4.98 Å². The molecule has 0 aliphatic heterocycles. The molecule has 0 bridgehead atoms. The van der Waals surface area contributed by atoms with E-state index in [-0.39, 0.29) is 17.7 Å². The number of alkyl halides is 3. The van der Waals surface area contributed by atoms with Crippen molar-refractivity contribution in [3.63, 3.8) is 0 Å². The Kier molecular flexibility index (Phi) is 2.65. The molecule has 0 spiro atoms. The van der Waals surface area contributed by atoms with Crippen molar-refractivity contribution in [2.24, 2.45) is 0 Å². The van der Waals surface area contributed by atoms with Crippen LogP contribution in [-0.2, 0) is 6.18 Å². The van der Waals surface area contributed by atoms with E-state index in [1.807, 2.05) is 0 Å². The highest BCUT2D eigenvalue weighted by Gasteiger charge is 2.33. The number of pyridine rings is 1. The quantitative estimate of drug-likeness (QED) is 0.804. The van der Waals surface area contributed by atoms with Crippen LogP contribution in [0.2, 0.25) is 0 Å². The summed E-state index contributed by atoms with van der Waals surface area (Å²) in [4.78, 5) is 3.58. The number of hydrogen-bond acceptors (Lipinski definition) is 3. The van der Waals surface area contributed by atoms with Gasteiger partial charge in [0.05, 0.1) is 18.8 Å². The van der Waals surface area contributed by atoms with Crippen LogP contribution in [0.15, 0.2) is 12.3 Å². The fourth-order valence-electron chi connectivity index (χ4n) is 1.19. The van der Waals surface area contributed by atoms with Gasteiger partial charge < -0.3 is 9.47 Å². The van der Waals surface area contributed by atoms with Crippen molar-refractivity contribution in [3.05, 3.63) is 17.8 Å². The Morgan fingerprint density at radius 2 is 2.06 bits per heavy atom. The highest BCUT2D eigenvalue weighted by atomic mass is 19.4. The number of aromatic nitrogens is 1. The summed E-state index contributed by atoms with van der Waals surface area (Å²) in [7, 11) is 1.34. The molecule has 0 saturated heterocycles. The van der Waals surface area contributed by atoms with Crippen LogP contribution >= 0.6 is 0 Å². The minimum absolute atomic E-state index is 0.000756. The lowest BCUT2D eigenvalue weighted by molar-refractivity contribution is -0.138. The number of rotatable bonds is 3. The molecule has 6 heteroatoms. The van der Waals surface area contributed by atoms with Gasteiger partial charge in [-0.1, -0.05) is 0 Å². The lowest BCUT2D eigenvalue weighted by atomic mass is 10.2. The van der Waals surface area contributed by atoms with Gasteiger partial charge in [-0.3, -0.25) is 0 Å². The van der Waals surface area contributed by atoms with Crippen molar-refractivity contribution >= 4 is 0 Å². The van der Waals surface area contributed by atoms with E-state index >= 15 is 0 Å². The molecular formula is C10H10F3NO2. The van der Waals surface area contributed by atoms with Crippen LogP contribution in [0, 0.1) is 0 Å². The van der Waals surface area contributed by atoms with Crippen LogP contribution in [0.5, 0.6) is 11.6 Å². The van der Waals surface area contributed by atoms with Gasteiger partial charge in [-0.25, -0.2) is 4.98 Å². The summed E-state index contributed by atoms with van der Waals surface area (Å²) in [6, 6.07) is 0.921. The predicted molar refractivity (Wildman–Crippen MR) is 49.4 cm³/mol. The molecule has 2 rings (SSSR count). The smallest absolute Gasteiger partial charge is 0.418 e. The largest absolute Gasteiger partial charge is 0.485 e. The zero-order valence-corrected chi connectivity index (χ0v) is 8.54. The van der Waals surface area contributed by atoms with Crippen molar-refractivity contribution in [1.82, 2.24) is 4.98 Å². The molecule has 1 aromatic rings. The van der Waals surface area contributed by atoms with Gasteiger partial charge in [-0.15, -0.1) is 0 Å². The third-order valence-electron chi connectivity index (χ3n) is 2.16. The maximum absolute atomic E-state index is 12.4. The van der Waals surface area contributed by atoms with Crippen LogP contribution < -0.4 is 9.47 Å². The Morgan fingerprint density at radius 3 is 2.56 bits per heavy atom. The molecule has 1 heterocycles. The van der Waals surface area contributed by atoms with Gasteiger partial charge in [0.15, 0.2) is 5.75 Å². The third kappa shape index (κ3) is 2.37. The van der Waals surface area contributed by atoms with Crippen molar-refractivity contribution in [3.8, 4) is 11.6 Å². The Labute approximate surface area is 90.2 Å². The highest BCUT2D eigenvalue weighted by molar-refractivity contribution is 5.37. The van der Waals surface area contributed by atoms with Gasteiger partial charge in [0.2, 0.25) is 0 Å². The highest BCUT2D eigenvalue weighted by Crippen LogP contribution is 2.37. The first kappa shape index (κ1) is 11.0. The molecule has 1 fully saturated rings. The maximum atomic E-state index is 12.4. The number of hydrogen-bond donors (Lipinski definition) is 0. The molecule has 16 heavy (non-hydrogen) atoms. The molecule has 0 radical (unpaired) electrons. The second-order valence-electron chi connectivity index (χ2n) is 3.55. The topological polar surface area (TPSA) is 31.4 Å².